The molecule has 5 nitrogen and oxygen atoms in total. The Hall–Kier alpha value is -1.95. The average molecular weight is 265 g/mol. The number of aliphatic hydroxyl groups excluding tert-OH is 1. The lowest BCUT2D eigenvalue weighted by Gasteiger charge is -2.13. The quantitative estimate of drug-likeness (QED) is 0.899. The molecule has 1 N–H and O–H groups in total. The fourth-order valence-corrected chi connectivity index (χ4v) is 1.78. The third-order valence-corrected chi connectivity index (χ3v) is 2.77. The van der Waals surface area contributed by atoms with Gasteiger partial charge in [-0.2, -0.15) is 5.10 Å². The summed E-state index contributed by atoms with van der Waals surface area (Å²) in [4.78, 5) is 4.08. The molecule has 0 aliphatic carbocycles. The normalized spacial score (nSPS) is 12.4. The van der Waals surface area contributed by atoms with Gasteiger partial charge in [0.15, 0.2) is 5.82 Å². The van der Waals surface area contributed by atoms with Crippen LogP contribution < -0.4 is 4.74 Å². The van der Waals surface area contributed by atoms with Crippen molar-refractivity contribution in [1.29, 1.82) is 0 Å². The van der Waals surface area contributed by atoms with Gasteiger partial charge >= 0.3 is 0 Å². The van der Waals surface area contributed by atoms with Crippen LogP contribution >= 0.6 is 0 Å². The summed E-state index contributed by atoms with van der Waals surface area (Å²) in [5.74, 6) is 0.727. The van der Waals surface area contributed by atoms with E-state index in [1.807, 2.05) is 6.92 Å². The van der Waals surface area contributed by atoms with E-state index in [0.29, 0.717) is 23.7 Å². The molecule has 0 spiro atoms. The molecule has 0 radical (unpaired) electrons. The number of benzene rings is 1. The lowest BCUT2D eigenvalue weighted by molar-refractivity contribution is 0.188. The maximum Gasteiger partial charge on any atom is 0.164 e. The van der Waals surface area contributed by atoms with Gasteiger partial charge in [0.05, 0.1) is 6.10 Å². The fourth-order valence-electron chi connectivity index (χ4n) is 1.78. The second-order valence-electron chi connectivity index (χ2n) is 4.14. The second-order valence-corrected chi connectivity index (χ2v) is 4.14. The minimum Gasteiger partial charge on any atom is -0.485 e. The van der Waals surface area contributed by atoms with Crippen molar-refractivity contribution in [3.63, 3.8) is 0 Å². The van der Waals surface area contributed by atoms with Gasteiger partial charge in [-0.1, -0.05) is 0 Å². The van der Waals surface area contributed by atoms with E-state index in [2.05, 4.69) is 10.1 Å². The molecule has 6 heteroatoms. The molecule has 2 rings (SSSR count). The van der Waals surface area contributed by atoms with Crippen LogP contribution in [0.1, 0.15) is 31.3 Å². The molecular formula is C13H16FN3O2. The summed E-state index contributed by atoms with van der Waals surface area (Å²) in [6, 6.07) is 4.07. The molecule has 0 amide bonds. The van der Waals surface area contributed by atoms with Crippen molar-refractivity contribution >= 4 is 0 Å². The second kappa shape index (κ2) is 5.79. The number of halogens is 1. The van der Waals surface area contributed by atoms with Crippen LogP contribution in [0.25, 0.3) is 0 Å². The zero-order valence-corrected chi connectivity index (χ0v) is 10.9. The van der Waals surface area contributed by atoms with Crippen LogP contribution in [0.15, 0.2) is 24.5 Å². The Labute approximate surface area is 110 Å². The SMILES string of the molecule is CCn1ncnc1COc1ccc(F)cc1[C@H](C)O. The molecule has 0 saturated carbocycles. The third kappa shape index (κ3) is 3.08. The number of hydrogen-bond donors (Lipinski definition) is 1. The van der Waals surface area contributed by atoms with Crippen molar-refractivity contribution in [3.05, 3.63) is 41.7 Å². The Morgan fingerprint density at radius 3 is 2.95 bits per heavy atom. The van der Waals surface area contributed by atoms with Gasteiger partial charge in [0.25, 0.3) is 0 Å². The first-order chi connectivity index (χ1) is 9.11. The average Bonchev–Trinajstić information content (AvgIpc) is 2.84. The van der Waals surface area contributed by atoms with E-state index in [9.17, 15) is 9.50 Å². The van der Waals surface area contributed by atoms with Crippen molar-refractivity contribution in [2.75, 3.05) is 0 Å². The van der Waals surface area contributed by atoms with Crippen molar-refractivity contribution in [1.82, 2.24) is 14.8 Å². The highest BCUT2D eigenvalue weighted by molar-refractivity contribution is 5.35. The fraction of sp³-hybridized carbons (Fsp3) is 0.385. The molecule has 1 aromatic carbocycles. The van der Waals surface area contributed by atoms with Crippen LogP contribution in [0.3, 0.4) is 0 Å². The highest BCUT2D eigenvalue weighted by atomic mass is 19.1. The van der Waals surface area contributed by atoms with Gasteiger partial charge in [0, 0.05) is 12.1 Å². The standard InChI is InChI=1S/C13H16FN3O2/c1-3-17-13(15-8-16-17)7-19-12-5-4-10(14)6-11(12)9(2)18/h4-6,8-9,18H,3,7H2,1-2H3/t9-/m0/s1. The third-order valence-electron chi connectivity index (χ3n) is 2.77. The van der Waals surface area contributed by atoms with E-state index < -0.39 is 11.9 Å². The number of hydrogen-bond acceptors (Lipinski definition) is 4. The number of aliphatic hydroxyl groups is 1. The molecule has 0 bridgehead atoms. The first-order valence-corrected chi connectivity index (χ1v) is 6.08. The number of nitrogens with zero attached hydrogens (tertiary/aromatic N) is 3. The van der Waals surface area contributed by atoms with Crippen molar-refractivity contribution in [3.8, 4) is 5.75 Å². The molecular weight excluding hydrogens is 249 g/mol. The van der Waals surface area contributed by atoms with Crippen LogP contribution in [-0.4, -0.2) is 19.9 Å². The number of aryl methyl sites for hydroxylation is 1. The highest BCUT2D eigenvalue weighted by Crippen LogP contribution is 2.26. The molecule has 19 heavy (non-hydrogen) atoms. The minimum atomic E-state index is -0.797. The molecule has 0 aliphatic rings. The molecule has 0 fully saturated rings. The molecule has 0 aliphatic heterocycles. The van der Waals surface area contributed by atoms with Gasteiger partial charge in [-0.3, -0.25) is 0 Å². The van der Waals surface area contributed by atoms with Crippen LogP contribution in [-0.2, 0) is 13.2 Å². The van der Waals surface area contributed by atoms with E-state index in [-0.39, 0.29) is 6.61 Å². The summed E-state index contributed by atoms with van der Waals surface area (Å²) in [6.07, 6.45) is 0.664. The van der Waals surface area contributed by atoms with Crippen LogP contribution in [0.4, 0.5) is 4.39 Å². The smallest absolute Gasteiger partial charge is 0.164 e. The minimum absolute atomic E-state index is 0.221. The molecule has 1 aromatic heterocycles. The predicted octanol–water partition coefficient (Wildman–Crippen LogP) is 2.07. The molecule has 0 unspecified atom stereocenters. The maximum atomic E-state index is 13.1. The first-order valence-electron chi connectivity index (χ1n) is 6.08. The largest absolute Gasteiger partial charge is 0.485 e. The van der Waals surface area contributed by atoms with Crippen molar-refractivity contribution < 1.29 is 14.2 Å². The van der Waals surface area contributed by atoms with Gasteiger partial charge in [-0.25, -0.2) is 14.1 Å². The summed E-state index contributed by atoms with van der Waals surface area (Å²) in [5, 5.41) is 13.6. The van der Waals surface area contributed by atoms with E-state index >= 15 is 0 Å². The highest BCUT2D eigenvalue weighted by Gasteiger charge is 2.12. The number of rotatable bonds is 5. The zero-order valence-electron chi connectivity index (χ0n) is 10.9. The van der Waals surface area contributed by atoms with E-state index in [1.54, 1.807) is 11.6 Å². The predicted molar refractivity (Wildman–Crippen MR) is 67.1 cm³/mol. The Kier molecular flexibility index (Phi) is 4.11. The summed E-state index contributed by atoms with van der Waals surface area (Å²) >= 11 is 0. The maximum absolute atomic E-state index is 13.1. The molecule has 1 heterocycles. The van der Waals surface area contributed by atoms with Gasteiger partial charge in [-0.15, -0.1) is 0 Å². The van der Waals surface area contributed by atoms with Crippen LogP contribution in [0.5, 0.6) is 5.75 Å². The lowest BCUT2D eigenvalue weighted by Crippen LogP contribution is -2.08. The van der Waals surface area contributed by atoms with E-state index in [1.165, 1.54) is 24.5 Å². The Morgan fingerprint density at radius 1 is 1.47 bits per heavy atom. The summed E-state index contributed by atoms with van der Waals surface area (Å²) < 4.78 is 20.5. The summed E-state index contributed by atoms with van der Waals surface area (Å²) in [5.41, 5.74) is 0.419. The van der Waals surface area contributed by atoms with Gasteiger partial charge in [0.1, 0.15) is 24.5 Å². The molecule has 1 atom stereocenters. The lowest BCUT2D eigenvalue weighted by atomic mass is 10.1. The Balaban J connectivity index is 2.15. The number of ether oxygens (including phenoxy) is 1. The Bertz CT molecular complexity index is 555. The molecule has 102 valence electrons. The molecule has 2 aromatic rings. The van der Waals surface area contributed by atoms with Gasteiger partial charge < -0.3 is 9.84 Å². The van der Waals surface area contributed by atoms with E-state index in [0.717, 1.165) is 0 Å². The van der Waals surface area contributed by atoms with E-state index in [4.69, 9.17) is 4.74 Å². The van der Waals surface area contributed by atoms with Crippen LogP contribution in [0, 0.1) is 5.82 Å². The van der Waals surface area contributed by atoms with Crippen molar-refractivity contribution in [2.45, 2.75) is 33.1 Å². The monoisotopic (exact) mass is 265 g/mol. The van der Waals surface area contributed by atoms with Crippen LogP contribution in [0.2, 0.25) is 0 Å². The van der Waals surface area contributed by atoms with Crippen molar-refractivity contribution in [2.24, 2.45) is 0 Å². The number of aromatic nitrogens is 3. The summed E-state index contributed by atoms with van der Waals surface area (Å²) in [6.45, 7) is 4.44. The first kappa shape index (κ1) is 13.5. The Morgan fingerprint density at radius 2 is 2.26 bits per heavy atom. The topological polar surface area (TPSA) is 60.2 Å². The van der Waals surface area contributed by atoms with Gasteiger partial charge in [-0.05, 0) is 32.0 Å². The zero-order chi connectivity index (χ0) is 13.8. The van der Waals surface area contributed by atoms with Gasteiger partial charge in [0.2, 0.25) is 0 Å². The molecule has 0 saturated heterocycles. The summed E-state index contributed by atoms with van der Waals surface area (Å²) in [7, 11) is 0.